The Morgan fingerprint density at radius 2 is 0.712 bits per heavy atom. The number of nitrogens with one attached hydrogen (secondary N) is 1. The van der Waals surface area contributed by atoms with E-state index in [9.17, 15) is 84.2 Å². The molecule has 0 amide bonds. The first-order valence-corrected chi connectivity index (χ1v) is 22.6. The molecule has 0 radical (unpaired) electrons. The van der Waals surface area contributed by atoms with Gasteiger partial charge >= 0.3 is 59.6 Å². The molecule has 0 aromatic carbocycles. The number of alkyl halides is 17. The monoisotopic (exact) mass is 993 g/mol. The largest absolute Gasteiger partial charge is 0.462 e. The lowest BCUT2D eigenvalue weighted by Gasteiger charge is -2.42. The van der Waals surface area contributed by atoms with Crippen molar-refractivity contribution in [3.63, 3.8) is 0 Å². The Bertz CT molecular complexity index is 1500. The van der Waals surface area contributed by atoms with E-state index in [4.69, 9.17) is 9.47 Å². The van der Waals surface area contributed by atoms with E-state index in [2.05, 4.69) is 19.2 Å². The maximum absolute atomic E-state index is 15.0. The molecule has 1 aliphatic rings. The standard InChI is InChI=1S/C44H64F17NO4/c1-5-7-9-11-13-15-17-19-21-23-28-65-35(63)33-30(3)62-31(4)34(36(64)66-29-24-22-20-18-16-14-12-10-8-6-2)32(33)26-25-27-37(45,46)38(47,48)39(49,50)40(51,52)41(53,54)42(55,56)43(57,58)44(59,60)61/h32,62H,5-29H2,1-4H3. The summed E-state index contributed by atoms with van der Waals surface area (Å²) in [6, 6.07) is 0. The Kier molecular flexibility index (Phi) is 24.2. The summed E-state index contributed by atoms with van der Waals surface area (Å²) < 4.78 is 247. The Balaban J connectivity index is 3.31. The van der Waals surface area contributed by atoms with Gasteiger partial charge in [-0.3, -0.25) is 0 Å². The fourth-order valence-electron chi connectivity index (χ4n) is 7.51. The Morgan fingerprint density at radius 3 is 1.03 bits per heavy atom. The Morgan fingerprint density at radius 1 is 0.424 bits per heavy atom. The lowest BCUT2D eigenvalue weighted by Crippen LogP contribution is -2.74. The van der Waals surface area contributed by atoms with Gasteiger partial charge in [-0.05, 0) is 39.5 Å². The van der Waals surface area contributed by atoms with Gasteiger partial charge in [-0.15, -0.1) is 0 Å². The number of halogens is 17. The van der Waals surface area contributed by atoms with Gasteiger partial charge in [-0.1, -0.05) is 129 Å². The second-order valence-corrected chi connectivity index (χ2v) is 16.9. The number of carbonyl (C=O) groups excluding carboxylic acids is 2. The molecule has 0 fully saturated rings. The molecule has 0 aromatic rings. The zero-order valence-electron chi connectivity index (χ0n) is 37.8. The fourth-order valence-corrected chi connectivity index (χ4v) is 7.51. The summed E-state index contributed by atoms with van der Waals surface area (Å²) in [5, 5.41) is 2.72. The first-order valence-electron chi connectivity index (χ1n) is 22.6. The maximum atomic E-state index is 15.0. The SMILES string of the molecule is CCCCCCCCCCCCOC(=O)C1=C(C)NC(C)=C(C(=O)OCCCCCCCCCCCC)C1CCCC(F)(F)C(F)(F)C(F)(F)C(F)(F)C(F)(F)C(F)(F)C(F)(F)C(F)(F)F. The van der Waals surface area contributed by atoms with Crippen molar-refractivity contribution in [2.24, 2.45) is 5.92 Å². The van der Waals surface area contributed by atoms with Crippen LogP contribution in [-0.2, 0) is 19.1 Å². The number of esters is 2. The third kappa shape index (κ3) is 15.0. The third-order valence-electron chi connectivity index (χ3n) is 11.6. The van der Waals surface area contributed by atoms with E-state index in [0.717, 1.165) is 103 Å². The van der Waals surface area contributed by atoms with Crippen molar-refractivity contribution in [2.45, 2.75) is 223 Å². The van der Waals surface area contributed by atoms with Crippen molar-refractivity contribution < 1.29 is 93.7 Å². The van der Waals surface area contributed by atoms with Crippen LogP contribution in [-0.4, -0.2) is 72.8 Å². The van der Waals surface area contributed by atoms with Gasteiger partial charge in [-0.2, -0.15) is 74.6 Å². The predicted molar refractivity (Wildman–Crippen MR) is 212 cm³/mol. The number of unbranched alkanes of at least 4 members (excludes halogenated alkanes) is 18. The molecule has 1 heterocycles. The smallest absolute Gasteiger partial charge is 0.460 e. The van der Waals surface area contributed by atoms with Gasteiger partial charge in [0.1, 0.15) is 0 Å². The summed E-state index contributed by atoms with van der Waals surface area (Å²) in [4.78, 5) is 27.0. The van der Waals surface area contributed by atoms with Crippen molar-refractivity contribution in [1.82, 2.24) is 5.32 Å². The quantitative estimate of drug-likeness (QED) is 0.0395. The lowest BCUT2D eigenvalue weighted by molar-refractivity contribution is -0.461. The molecule has 0 unspecified atom stereocenters. The molecule has 0 saturated heterocycles. The molecule has 0 saturated carbocycles. The zero-order valence-corrected chi connectivity index (χ0v) is 37.8. The molecule has 0 atom stereocenters. The third-order valence-corrected chi connectivity index (χ3v) is 11.6. The minimum absolute atomic E-state index is 0.0566. The van der Waals surface area contributed by atoms with Crippen LogP contribution in [0, 0.1) is 5.92 Å². The van der Waals surface area contributed by atoms with Crippen molar-refractivity contribution in [1.29, 1.82) is 0 Å². The number of rotatable bonds is 34. The number of ether oxygens (including phenoxy) is 2. The summed E-state index contributed by atoms with van der Waals surface area (Å²) in [6.07, 6.45) is 5.20. The number of hydrogen-bond donors (Lipinski definition) is 1. The van der Waals surface area contributed by atoms with Crippen molar-refractivity contribution in [3.8, 4) is 0 Å². The van der Waals surface area contributed by atoms with Crippen LogP contribution in [0.3, 0.4) is 0 Å². The summed E-state index contributed by atoms with van der Waals surface area (Å²) in [6.45, 7) is 6.35. The molecular weight excluding hydrogens is 929 g/mol. The van der Waals surface area contributed by atoms with Crippen LogP contribution < -0.4 is 5.32 Å². The zero-order chi connectivity index (χ0) is 50.8. The highest BCUT2D eigenvalue weighted by Gasteiger charge is 2.95. The molecule has 1 aliphatic heterocycles. The van der Waals surface area contributed by atoms with Gasteiger partial charge in [-0.25, -0.2) is 9.59 Å². The van der Waals surface area contributed by atoms with Crippen LogP contribution in [0.25, 0.3) is 0 Å². The second-order valence-electron chi connectivity index (χ2n) is 16.9. The molecule has 1 rings (SSSR count). The molecule has 0 spiro atoms. The van der Waals surface area contributed by atoms with E-state index in [1.165, 1.54) is 13.8 Å². The van der Waals surface area contributed by atoms with Crippen LogP contribution in [0.5, 0.6) is 0 Å². The van der Waals surface area contributed by atoms with Crippen molar-refractivity contribution >= 4 is 11.9 Å². The van der Waals surface area contributed by atoms with E-state index in [1.54, 1.807) is 0 Å². The lowest BCUT2D eigenvalue weighted by atomic mass is 9.81. The van der Waals surface area contributed by atoms with Gasteiger partial charge in [0.2, 0.25) is 0 Å². The molecule has 0 aliphatic carbocycles. The maximum Gasteiger partial charge on any atom is 0.460 e. The summed E-state index contributed by atoms with van der Waals surface area (Å²) in [5.41, 5.74) is -1.01. The fraction of sp³-hybridized carbons (Fsp3) is 0.864. The molecule has 388 valence electrons. The number of allylic oxidation sites excluding steroid dienone is 2. The second kappa shape index (κ2) is 26.1. The number of dihydropyridines is 1. The van der Waals surface area contributed by atoms with E-state index >= 15 is 0 Å². The van der Waals surface area contributed by atoms with E-state index in [1.807, 2.05) is 0 Å². The Hall–Kier alpha value is -2.97. The predicted octanol–water partition coefficient (Wildman–Crippen LogP) is 15.9. The van der Waals surface area contributed by atoms with E-state index in [-0.39, 0.29) is 24.6 Å². The van der Waals surface area contributed by atoms with Gasteiger partial charge in [0.15, 0.2) is 0 Å². The molecule has 66 heavy (non-hydrogen) atoms. The van der Waals surface area contributed by atoms with Crippen molar-refractivity contribution in [3.05, 3.63) is 22.5 Å². The molecule has 5 nitrogen and oxygen atoms in total. The average Bonchev–Trinajstić information content (AvgIpc) is 3.20. The van der Waals surface area contributed by atoms with Crippen LogP contribution >= 0.6 is 0 Å². The van der Waals surface area contributed by atoms with Crippen LogP contribution in [0.2, 0.25) is 0 Å². The van der Waals surface area contributed by atoms with Crippen molar-refractivity contribution in [2.75, 3.05) is 13.2 Å². The molecule has 0 aromatic heterocycles. The van der Waals surface area contributed by atoms with E-state index in [0.29, 0.717) is 25.7 Å². The molecule has 1 N–H and O–H groups in total. The highest BCUT2D eigenvalue weighted by molar-refractivity contribution is 5.97. The summed E-state index contributed by atoms with van der Waals surface area (Å²) in [7, 11) is 0. The topological polar surface area (TPSA) is 64.6 Å². The Labute approximate surface area is 375 Å². The first kappa shape index (κ1) is 61.0. The molecule has 22 heteroatoms. The van der Waals surface area contributed by atoms with Gasteiger partial charge < -0.3 is 14.8 Å². The summed E-state index contributed by atoms with van der Waals surface area (Å²) >= 11 is 0. The summed E-state index contributed by atoms with van der Waals surface area (Å²) in [5.74, 6) is -61.1. The molecule has 0 bridgehead atoms. The average molecular weight is 994 g/mol. The first-order chi connectivity index (χ1) is 30.4. The van der Waals surface area contributed by atoms with Crippen LogP contribution in [0.4, 0.5) is 74.6 Å². The highest BCUT2D eigenvalue weighted by Crippen LogP contribution is 2.64. The highest BCUT2D eigenvalue weighted by atomic mass is 19.4. The van der Waals surface area contributed by atoms with Crippen LogP contribution in [0.15, 0.2) is 22.5 Å². The molecular formula is C44H64F17NO4. The van der Waals surface area contributed by atoms with Gasteiger partial charge in [0.05, 0.1) is 24.4 Å². The number of hydrogen-bond acceptors (Lipinski definition) is 5. The number of carbonyl (C=O) groups is 2. The van der Waals surface area contributed by atoms with Crippen LogP contribution in [0.1, 0.15) is 175 Å². The van der Waals surface area contributed by atoms with E-state index < -0.39 is 95.9 Å². The minimum Gasteiger partial charge on any atom is -0.462 e. The van der Waals surface area contributed by atoms with Gasteiger partial charge in [0, 0.05) is 23.7 Å². The van der Waals surface area contributed by atoms with Gasteiger partial charge in [0.25, 0.3) is 0 Å². The minimum atomic E-state index is -8.73. The normalized spacial score (nSPS) is 15.4.